The van der Waals surface area contributed by atoms with Crippen molar-refractivity contribution in [1.82, 2.24) is 10.2 Å². The van der Waals surface area contributed by atoms with E-state index in [9.17, 15) is 35.5 Å². The first-order valence-electron chi connectivity index (χ1n) is 4.52. The minimum Gasteiger partial charge on any atom is -0.477 e. The molecule has 0 saturated carbocycles. The Bertz CT molecular complexity index is 470. The number of aromatic nitrogens is 2. The van der Waals surface area contributed by atoms with Crippen LogP contribution in [0, 0.1) is 0 Å². The number of nitrogens with one attached hydrogen (secondary N) is 1. The predicted molar refractivity (Wildman–Crippen MR) is 45.3 cm³/mol. The lowest BCUT2D eigenvalue weighted by Crippen LogP contribution is -2.22. The third-order valence-electron chi connectivity index (χ3n) is 2.07. The van der Waals surface area contributed by atoms with Crippen molar-refractivity contribution in [3.8, 4) is 0 Å². The van der Waals surface area contributed by atoms with Crippen molar-refractivity contribution in [2.75, 3.05) is 0 Å². The maximum atomic E-state index is 13.2. The zero-order chi connectivity index (χ0) is 15.0. The van der Waals surface area contributed by atoms with Gasteiger partial charge in [0, 0.05) is 0 Å². The van der Waals surface area contributed by atoms with E-state index in [-0.39, 0.29) is 0 Å². The fraction of sp³-hybridized carbons (Fsp3) is 0.500. The monoisotopic (exact) mass is 294 g/mol. The second-order valence-electron chi connectivity index (χ2n) is 3.34. The lowest BCUT2D eigenvalue weighted by Gasteiger charge is -2.14. The number of aromatic carboxylic acids is 1. The van der Waals surface area contributed by atoms with Gasteiger partial charge in [-0.05, 0) is 0 Å². The van der Waals surface area contributed by atoms with Crippen molar-refractivity contribution in [2.45, 2.75) is 24.9 Å². The van der Waals surface area contributed by atoms with Crippen molar-refractivity contribution in [1.29, 1.82) is 0 Å². The summed E-state index contributed by atoms with van der Waals surface area (Å²) < 4.78 is 87.3. The molecule has 0 amide bonds. The number of hydrogen-bond donors (Lipinski definition) is 2. The van der Waals surface area contributed by atoms with Crippen molar-refractivity contribution < 1.29 is 40.6 Å². The minimum absolute atomic E-state index is 1.33. The molecule has 4 nitrogen and oxygen atoms in total. The number of H-pyrrole nitrogens is 1. The van der Waals surface area contributed by atoms with E-state index in [2.05, 4.69) is 5.10 Å². The van der Waals surface area contributed by atoms with Crippen LogP contribution in [0.5, 0.6) is 0 Å². The van der Waals surface area contributed by atoms with Crippen LogP contribution in [0.25, 0.3) is 0 Å². The molecule has 1 aromatic heterocycles. The Morgan fingerprint density at radius 3 is 2.11 bits per heavy atom. The van der Waals surface area contributed by atoms with Crippen LogP contribution < -0.4 is 0 Å². The summed E-state index contributed by atoms with van der Waals surface area (Å²) in [5, 5.41) is 12.4. The van der Waals surface area contributed by atoms with Gasteiger partial charge in [-0.3, -0.25) is 5.10 Å². The fourth-order valence-corrected chi connectivity index (χ4v) is 1.28. The molecule has 0 bridgehead atoms. The Morgan fingerprint density at radius 2 is 1.74 bits per heavy atom. The maximum absolute atomic E-state index is 13.2. The molecule has 0 spiro atoms. The standard InChI is InChI=1S/C8H5F7N2O2/c9-2(3(10)6(11)12)4-1(8(13,14)15)5(7(18)19)17-16-4/h2-3,6H,(H,16,17)(H,18,19). The van der Waals surface area contributed by atoms with E-state index in [0.717, 1.165) is 0 Å². The first-order valence-corrected chi connectivity index (χ1v) is 4.52. The molecule has 0 aliphatic heterocycles. The van der Waals surface area contributed by atoms with Crippen molar-refractivity contribution >= 4 is 5.97 Å². The summed E-state index contributed by atoms with van der Waals surface area (Å²) in [4.78, 5) is 10.5. The first kappa shape index (κ1) is 15.2. The molecule has 0 saturated heterocycles. The molecule has 2 N–H and O–H groups in total. The Morgan fingerprint density at radius 1 is 1.21 bits per heavy atom. The SMILES string of the molecule is O=C(O)c1[nH]nc(C(F)C(F)C(F)F)c1C(F)(F)F. The molecular formula is C8H5F7N2O2. The Balaban J connectivity index is 3.33. The number of nitrogens with zero attached hydrogens (tertiary/aromatic N) is 1. The second kappa shape index (κ2) is 5.05. The highest BCUT2D eigenvalue weighted by molar-refractivity contribution is 5.87. The molecule has 1 aromatic rings. The fourth-order valence-electron chi connectivity index (χ4n) is 1.28. The quantitative estimate of drug-likeness (QED) is 0.839. The van der Waals surface area contributed by atoms with Crippen LogP contribution in [0.1, 0.15) is 27.9 Å². The van der Waals surface area contributed by atoms with Gasteiger partial charge in [-0.15, -0.1) is 0 Å². The summed E-state index contributed by atoms with van der Waals surface area (Å²) >= 11 is 0. The average Bonchev–Trinajstić information content (AvgIpc) is 2.70. The summed E-state index contributed by atoms with van der Waals surface area (Å²) in [5.41, 5.74) is -5.42. The van der Waals surface area contributed by atoms with Gasteiger partial charge in [0.05, 0.1) is 0 Å². The van der Waals surface area contributed by atoms with Crippen LogP contribution in [-0.2, 0) is 6.18 Å². The van der Waals surface area contributed by atoms with Gasteiger partial charge < -0.3 is 5.11 Å². The highest BCUT2D eigenvalue weighted by atomic mass is 19.4. The summed E-state index contributed by atoms with van der Waals surface area (Å²) in [6, 6.07) is 0. The van der Waals surface area contributed by atoms with Gasteiger partial charge in [0.2, 0.25) is 0 Å². The van der Waals surface area contributed by atoms with E-state index >= 15 is 0 Å². The Labute approximate surface area is 99.8 Å². The number of rotatable bonds is 4. The first-order chi connectivity index (χ1) is 8.57. The Kier molecular flexibility index (Phi) is 4.06. The van der Waals surface area contributed by atoms with E-state index in [1.54, 1.807) is 0 Å². The number of carbonyl (C=O) groups is 1. The summed E-state index contributed by atoms with van der Waals surface area (Å²) in [7, 11) is 0. The number of aromatic amines is 1. The molecule has 0 radical (unpaired) electrons. The van der Waals surface area contributed by atoms with Gasteiger partial charge in [0.15, 0.2) is 18.0 Å². The second-order valence-corrected chi connectivity index (χ2v) is 3.34. The highest BCUT2D eigenvalue weighted by Gasteiger charge is 2.45. The van der Waals surface area contributed by atoms with Gasteiger partial charge >= 0.3 is 12.1 Å². The molecule has 0 aliphatic rings. The number of carboxylic acid groups (broad SMARTS) is 1. The zero-order valence-electron chi connectivity index (χ0n) is 8.68. The van der Waals surface area contributed by atoms with Crippen LogP contribution >= 0.6 is 0 Å². The molecule has 2 unspecified atom stereocenters. The molecule has 2 atom stereocenters. The van der Waals surface area contributed by atoms with Gasteiger partial charge in [-0.2, -0.15) is 18.3 Å². The van der Waals surface area contributed by atoms with Crippen LogP contribution in [0.15, 0.2) is 0 Å². The van der Waals surface area contributed by atoms with Gasteiger partial charge in [0.1, 0.15) is 11.3 Å². The number of alkyl halides is 7. The van der Waals surface area contributed by atoms with Crippen LogP contribution in [0.3, 0.4) is 0 Å². The van der Waals surface area contributed by atoms with E-state index in [0.29, 0.717) is 0 Å². The summed E-state index contributed by atoms with van der Waals surface area (Å²) in [6.07, 6.45) is -16.2. The van der Waals surface area contributed by atoms with Crippen LogP contribution in [-0.4, -0.2) is 33.9 Å². The van der Waals surface area contributed by atoms with Crippen molar-refractivity contribution in [3.63, 3.8) is 0 Å². The zero-order valence-corrected chi connectivity index (χ0v) is 8.68. The molecule has 0 aliphatic carbocycles. The van der Waals surface area contributed by atoms with E-state index in [1.807, 2.05) is 0 Å². The number of halogens is 7. The highest BCUT2D eigenvalue weighted by Crippen LogP contribution is 2.39. The normalized spacial score (nSPS) is 15.6. The van der Waals surface area contributed by atoms with Crippen molar-refractivity contribution in [3.05, 3.63) is 17.0 Å². The predicted octanol–water partition coefficient (Wildman–Crippen LogP) is 2.74. The molecule has 0 fully saturated rings. The third-order valence-corrected chi connectivity index (χ3v) is 2.07. The topological polar surface area (TPSA) is 66.0 Å². The lowest BCUT2D eigenvalue weighted by atomic mass is 10.1. The van der Waals surface area contributed by atoms with Gasteiger partial charge in [-0.1, -0.05) is 0 Å². The smallest absolute Gasteiger partial charge is 0.420 e. The molecule has 1 heterocycles. The number of hydrogen-bond acceptors (Lipinski definition) is 2. The lowest BCUT2D eigenvalue weighted by molar-refractivity contribution is -0.139. The molecule has 108 valence electrons. The summed E-state index contributed by atoms with van der Waals surface area (Å²) in [5.74, 6) is -2.13. The Hall–Kier alpha value is -1.81. The van der Waals surface area contributed by atoms with E-state index < -0.39 is 47.9 Å². The minimum atomic E-state index is -5.39. The molecule has 1 rings (SSSR count). The van der Waals surface area contributed by atoms with E-state index in [4.69, 9.17) is 5.11 Å². The van der Waals surface area contributed by atoms with Crippen LogP contribution in [0.2, 0.25) is 0 Å². The van der Waals surface area contributed by atoms with Crippen molar-refractivity contribution in [2.24, 2.45) is 0 Å². The largest absolute Gasteiger partial charge is 0.477 e. The molecule has 0 aromatic carbocycles. The van der Waals surface area contributed by atoms with Crippen LogP contribution in [0.4, 0.5) is 30.7 Å². The van der Waals surface area contributed by atoms with Gasteiger partial charge in [0.25, 0.3) is 6.43 Å². The number of carboxylic acids is 1. The molecule has 11 heteroatoms. The average molecular weight is 294 g/mol. The van der Waals surface area contributed by atoms with E-state index in [1.165, 1.54) is 5.10 Å². The van der Waals surface area contributed by atoms with Gasteiger partial charge in [-0.25, -0.2) is 22.4 Å². The molecular weight excluding hydrogens is 289 g/mol. The maximum Gasteiger partial charge on any atom is 0.420 e. The third kappa shape index (κ3) is 2.96. The summed E-state index contributed by atoms with van der Waals surface area (Å²) in [6.45, 7) is 0. The molecule has 19 heavy (non-hydrogen) atoms.